The average molecular weight is 567 g/mol. The smallest absolute Gasteiger partial charge is 0.180 e. The average Bonchev–Trinajstić information content (AvgIpc) is 3.51. The number of hydrogen-bond donors (Lipinski definition) is 2. The minimum atomic E-state index is -3.69. The molecule has 4 N–H and O–H groups in total. The van der Waals surface area contributed by atoms with Crippen LogP contribution in [0.2, 0.25) is 0 Å². The lowest BCUT2D eigenvalue weighted by Gasteiger charge is -2.40. The maximum atomic E-state index is 13.1. The number of nitrogen functional groups attached to an aromatic ring is 2. The Morgan fingerprint density at radius 1 is 0.878 bits per heavy atom. The second-order valence-electron chi connectivity index (χ2n) is 11.0. The zero-order chi connectivity index (χ0) is 28.3. The van der Waals surface area contributed by atoms with Crippen LogP contribution in [0.4, 0.5) is 17.3 Å². The number of sulfone groups is 1. The summed E-state index contributed by atoms with van der Waals surface area (Å²) in [7, 11) is -3.69. The first-order valence-electron chi connectivity index (χ1n) is 13.7. The molecule has 2 bridgehead atoms. The van der Waals surface area contributed by atoms with Gasteiger partial charge < -0.3 is 16.4 Å². The van der Waals surface area contributed by atoms with Gasteiger partial charge in [0.15, 0.2) is 21.3 Å². The van der Waals surface area contributed by atoms with E-state index in [2.05, 4.69) is 20.0 Å². The summed E-state index contributed by atoms with van der Waals surface area (Å²) in [4.78, 5) is 16.6. The molecule has 10 nitrogen and oxygen atoms in total. The molecule has 208 valence electrons. The normalized spacial score (nSPS) is 20.5. The van der Waals surface area contributed by atoms with Crippen molar-refractivity contribution in [1.82, 2.24) is 24.6 Å². The number of benzene rings is 1. The molecule has 0 saturated carbocycles. The van der Waals surface area contributed by atoms with E-state index in [0.29, 0.717) is 17.0 Å². The van der Waals surface area contributed by atoms with Crippen LogP contribution in [0.5, 0.6) is 0 Å². The Morgan fingerprint density at radius 2 is 1.63 bits per heavy atom. The molecule has 2 fully saturated rings. The number of fused-ring (bicyclic) bond motifs is 3. The predicted molar refractivity (Wildman–Crippen MR) is 159 cm³/mol. The molecule has 4 aromatic heterocycles. The molecule has 6 heterocycles. The summed E-state index contributed by atoms with van der Waals surface area (Å²) in [5, 5.41) is 4.45. The number of anilines is 3. The number of nitrogens with two attached hydrogens (primary N) is 2. The Balaban J connectivity index is 1.30. The summed E-state index contributed by atoms with van der Waals surface area (Å²) in [6, 6.07) is 18.0. The minimum absolute atomic E-state index is 0.0624. The van der Waals surface area contributed by atoms with Gasteiger partial charge in [-0.3, -0.25) is 4.98 Å². The van der Waals surface area contributed by atoms with Crippen LogP contribution >= 0.6 is 0 Å². The van der Waals surface area contributed by atoms with Crippen LogP contribution in [0, 0.1) is 0 Å². The molecule has 2 atom stereocenters. The van der Waals surface area contributed by atoms with Gasteiger partial charge in [-0.05, 0) is 43.9 Å². The maximum absolute atomic E-state index is 13.1. The van der Waals surface area contributed by atoms with E-state index in [1.165, 1.54) is 10.8 Å². The fourth-order valence-corrected chi connectivity index (χ4v) is 7.64. The molecule has 7 rings (SSSR count). The van der Waals surface area contributed by atoms with Crippen molar-refractivity contribution in [3.8, 4) is 22.4 Å². The molecule has 5 aromatic rings. The number of pyridine rings is 2. The zero-order valence-corrected chi connectivity index (χ0v) is 23.4. The number of piperidine rings is 1. The molecule has 0 radical (unpaired) electrons. The van der Waals surface area contributed by atoms with Crippen molar-refractivity contribution in [2.45, 2.75) is 48.6 Å². The fraction of sp³-hybridized carbons (Fsp3) is 0.267. The molecule has 11 heteroatoms. The Labute approximate surface area is 238 Å². The van der Waals surface area contributed by atoms with Gasteiger partial charge >= 0.3 is 0 Å². The summed E-state index contributed by atoms with van der Waals surface area (Å²) in [6.45, 7) is 0. The van der Waals surface area contributed by atoms with Gasteiger partial charge in [-0.15, -0.1) is 0 Å². The molecule has 1 aromatic carbocycles. The molecule has 2 unspecified atom stereocenters. The topological polar surface area (TPSA) is 145 Å². The fourth-order valence-electron chi connectivity index (χ4n) is 6.58. The molecule has 2 aliphatic rings. The molecule has 41 heavy (non-hydrogen) atoms. The standard InChI is InChI=1S/C30H30N8O2S/c1-41(39,40)27-26(20-14-21-10-11-22(15-20)37(21)30-24(31)8-5-13-33-30)36-29-23(17-35-38(29)28(27)32)19-9-12-25(34-16-19)18-6-3-2-4-7-18/h2-9,12-13,16-17,20-22H,10-11,14-15,31-32H2,1H3. The summed E-state index contributed by atoms with van der Waals surface area (Å²) in [6.07, 6.45) is 9.84. The van der Waals surface area contributed by atoms with Crippen molar-refractivity contribution >= 4 is 32.8 Å². The van der Waals surface area contributed by atoms with E-state index in [9.17, 15) is 8.42 Å². The monoisotopic (exact) mass is 566 g/mol. The van der Waals surface area contributed by atoms with Crippen LogP contribution in [0.1, 0.15) is 37.3 Å². The second kappa shape index (κ2) is 9.55. The van der Waals surface area contributed by atoms with Crippen molar-refractivity contribution in [3.05, 3.63) is 78.9 Å². The quantitative estimate of drug-likeness (QED) is 0.317. The highest BCUT2D eigenvalue weighted by Crippen LogP contribution is 2.47. The van der Waals surface area contributed by atoms with Crippen LogP contribution in [-0.4, -0.2) is 51.3 Å². The van der Waals surface area contributed by atoms with Crippen LogP contribution < -0.4 is 16.4 Å². The van der Waals surface area contributed by atoms with Gasteiger partial charge in [0.2, 0.25) is 0 Å². The Hall–Kier alpha value is -4.51. The summed E-state index contributed by atoms with van der Waals surface area (Å²) < 4.78 is 27.7. The van der Waals surface area contributed by atoms with Crippen molar-refractivity contribution in [2.75, 3.05) is 22.6 Å². The first kappa shape index (κ1) is 25.5. The van der Waals surface area contributed by atoms with Crippen LogP contribution in [-0.2, 0) is 9.84 Å². The van der Waals surface area contributed by atoms with Crippen LogP contribution in [0.3, 0.4) is 0 Å². The SMILES string of the molecule is CS(=O)(=O)c1c(C2CC3CCC(C2)N3c2ncccc2N)nc2c(-c3ccc(-c4ccccc4)nc3)cnn2c1N. The van der Waals surface area contributed by atoms with Gasteiger partial charge in [0.05, 0.1) is 23.3 Å². The van der Waals surface area contributed by atoms with E-state index in [4.69, 9.17) is 16.5 Å². The molecule has 2 saturated heterocycles. The third-order valence-corrected chi connectivity index (χ3v) is 9.52. The van der Waals surface area contributed by atoms with Crippen molar-refractivity contribution in [1.29, 1.82) is 0 Å². The molecule has 0 amide bonds. The number of rotatable bonds is 5. The molecule has 2 aliphatic heterocycles. The van der Waals surface area contributed by atoms with E-state index in [-0.39, 0.29) is 28.7 Å². The number of aromatic nitrogens is 5. The largest absolute Gasteiger partial charge is 0.396 e. The third kappa shape index (κ3) is 4.28. The Bertz CT molecular complexity index is 1860. The van der Waals surface area contributed by atoms with E-state index >= 15 is 0 Å². The second-order valence-corrected chi connectivity index (χ2v) is 12.9. The highest BCUT2D eigenvalue weighted by atomic mass is 32.2. The Morgan fingerprint density at radius 3 is 2.29 bits per heavy atom. The summed E-state index contributed by atoms with van der Waals surface area (Å²) >= 11 is 0. The molecular weight excluding hydrogens is 536 g/mol. The lowest BCUT2D eigenvalue weighted by atomic mass is 9.87. The Kier molecular flexibility index (Phi) is 5.93. The summed E-state index contributed by atoms with van der Waals surface area (Å²) in [5.41, 5.74) is 18.0. The summed E-state index contributed by atoms with van der Waals surface area (Å²) in [5.74, 6) is 0.789. The first-order valence-corrected chi connectivity index (χ1v) is 15.6. The zero-order valence-electron chi connectivity index (χ0n) is 22.6. The minimum Gasteiger partial charge on any atom is -0.396 e. The molecule has 0 spiro atoms. The highest BCUT2D eigenvalue weighted by Gasteiger charge is 2.44. The van der Waals surface area contributed by atoms with Crippen molar-refractivity contribution in [3.63, 3.8) is 0 Å². The first-order chi connectivity index (χ1) is 19.8. The van der Waals surface area contributed by atoms with E-state index < -0.39 is 9.84 Å². The maximum Gasteiger partial charge on any atom is 0.180 e. The van der Waals surface area contributed by atoms with Crippen molar-refractivity contribution in [2.24, 2.45) is 0 Å². The van der Waals surface area contributed by atoms with Gasteiger partial charge in [0.25, 0.3) is 0 Å². The van der Waals surface area contributed by atoms with Crippen molar-refractivity contribution < 1.29 is 8.42 Å². The lowest BCUT2D eigenvalue weighted by Crippen LogP contribution is -2.43. The van der Waals surface area contributed by atoms with Gasteiger partial charge in [0, 0.05) is 53.3 Å². The molecular formula is C30H30N8O2S. The highest BCUT2D eigenvalue weighted by molar-refractivity contribution is 7.91. The predicted octanol–water partition coefficient (Wildman–Crippen LogP) is 4.34. The van der Waals surface area contributed by atoms with Gasteiger partial charge in [-0.2, -0.15) is 9.61 Å². The van der Waals surface area contributed by atoms with Gasteiger partial charge in [0.1, 0.15) is 10.7 Å². The third-order valence-electron chi connectivity index (χ3n) is 8.36. The lowest BCUT2D eigenvalue weighted by molar-refractivity contribution is 0.403. The number of hydrogen-bond acceptors (Lipinski definition) is 9. The van der Waals surface area contributed by atoms with E-state index in [0.717, 1.165) is 53.9 Å². The molecule has 0 aliphatic carbocycles. The van der Waals surface area contributed by atoms with E-state index in [1.54, 1.807) is 18.6 Å². The number of nitrogens with zero attached hydrogens (tertiary/aromatic N) is 6. The van der Waals surface area contributed by atoms with Gasteiger partial charge in [-0.25, -0.2) is 18.4 Å². The van der Waals surface area contributed by atoms with Crippen LogP contribution in [0.25, 0.3) is 28.0 Å². The van der Waals surface area contributed by atoms with Gasteiger partial charge in [-0.1, -0.05) is 36.4 Å². The van der Waals surface area contributed by atoms with Crippen LogP contribution in [0.15, 0.2) is 78.1 Å². The van der Waals surface area contributed by atoms with E-state index in [1.807, 2.05) is 54.6 Å².